The first-order valence-electron chi connectivity index (χ1n) is 8.23. The Labute approximate surface area is 159 Å². The van der Waals surface area contributed by atoms with Crippen LogP contribution in [0, 0.1) is 25.2 Å². The van der Waals surface area contributed by atoms with Crippen molar-refractivity contribution >= 4 is 38.2 Å². The van der Waals surface area contributed by atoms with Gasteiger partial charge in [-0.1, -0.05) is 6.07 Å². The number of hydrogen-bond donors (Lipinski definition) is 1. The van der Waals surface area contributed by atoms with Gasteiger partial charge in [-0.25, -0.2) is 0 Å². The third-order valence-electron chi connectivity index (χ3n) is 4.26. The summed E-state index contributed by atoms with van der Waals surface area (Å²) in [6.07, 6.45) is 4.18. The highest BCUT2D eigenvalue weighted by Gasteiger charge is 2.22. The number of nitrogens with zero attached hydrogens (tertiary/aromatic N) is 1. The van der Waals surface area contributed by atoms with E-state index in [2.05, 4.69) is 27.3 Å². The minimum absolute atomic E-state index is 0.0874. The van der Waals surface area contributed by atoms with Crippen molar-refractivity contribution in [1.29, 1.82) is 5.26 Å². The minimum Gasteiger partial charge on any atom is -0.482 e. The van der Waals surface area contributed by atoms with Crippen LogP contribution < -0.4 is 10.1 Å². The van der Waals surface area contributed by atoms with E-state index in [0.717, 1.165) is 46.8 Å². The monoisotopic (exact) mass is 418 g/mol. The number of nitriles is 1. The molecule has 1 heterocycles. The second-order valence-corrected chi connectivity index (χ2v) is 8.22. The van der Waals surface area contributed by atoms with Crippen LogP contribution in [0.4, 0.5) is 5.00 Å². The Hall–Kier alpha value is -1.84. The number of ether oxygens (including phenoxy) is 1. The van der Waals surface area contributed by atoms with Gasteiger partial charge < -0.3 is 10.1 Å². The molecule has 0 saturated heterocycles. The summed E-state index contributed by atoms with van der Waals surface area (Å²) in [7, 11) is 0. The van der Waals surface area contributed by atoms with Gasteiger partial charge in [0.15, 0.2) is 6.61 Å². The molecule has 6 heteroatoms. The maximum absolute atomic E-state index is 12.3. The Morgan fingerprint density at radius 3 is 2.84 bits per heavy atom. The van der Waals surface area contributed by atoms with Crippen molar-refractivity contribution in [2.75, 3.05) is 11.9 Å². The molecule has 1 aromatic carbocycles. The fourth-order valence-corrected chi connectivity index (χ4v) is 5.20. The number of thiophene rings is 1. The highest BCUT2D eigenvalue weighted by atomic mass is 79.9. The van der Waals surface area contributed by atoms with Gasteiger partial charge in [-0.2, -0.15) is 5.26 Å². The number of anilines is 1. The van der Waals surface area contributed by atoms with Crippen molar-refractivity contribution in [2.24, 2.45) is 0 Å². The zero-order chi connectivity index (χ0) is 18.0. The zero-order valence-electron chi connectivity index (χ0n) is 14.2. The van der Waals surface area contributed by atoms with Crippen LogP contribution in [0.25, 0.3) is 0 Å². The SMILES string of the molecule is Cc1cc(C)c(OCC(=O)Nc2sc3c(c2C#N)CCCC3)c(Br)c1. The summed E-state index contributed by atoms with van der Waals surface area (Å²) in [6, 6.07) is 6.23. The van der Waals surface area contributed by atoms with Gasteiger partial charge in [0, 0.05) is 4.88 Å². The summed E-state index contributed by atoms with van der Waals surface area (Å²) in [5, 5.41) is 13.0. The van der Waals surface area contributed by atoms with Crippen molar-refractivity contribution < 1.29 is 9.53 Å². The van der Waals surface area contributed by atoms with Crippen molar-refractivity contribution in [1.82, 2.24) is 0 Å². The van der Waals surface area contributed by atoms with E-state index in [0.29, 0.717) is 16.3 Å². The normalized spacial score (nSPS) is 13.0. The van der Waals surface area contributed by atoms with E-state index in [1.165, 1.54) is 16.2 Å². The van der Waals surface area contributed by atoms with Crippen LogP contribution in [-0.2, 0) is 17.6 Å². The molecule has 0 saturated carbocycles. The summed E-state index contributed by atoms with van der Waals surface area (Å²) in [5.41, 5.74) is 3.85. The molecule has 1 N–H and O–H groups in total. The lowest BCUT2D eigenvalue weighted by molar-refractivity contribution is -0.118. The summed E-state index contributed by atoms with van der Waals surface area (Å²) in [4.78, 5) is 13.5. The molecule has 2 aromatic rings. The molecule has 0 aliphatic heterocycles. The summed E-state index contributed by atoms with van der Waals surface area (Å²) >= 11 is 5.00. The molecule has 1 aromatic heterocycles. The Kier molecular flexibility index (Phi) is 5.45. The van der Waals surface area contributed by atoms with Crippen LogP contribution in [0.3, 0.4) is 0 Å². The van der Waals surface area contributed by atoms with Gasteiger partial charge in [0.25, 0.3) is 5.91 Å². The maximum Gasteiger partial charge on any atom is 0.262 e. The molecular weight excluding hydrogens is 400 g/mol. The molecule has 1 amide bonds. The number of halogens is 1. The first-order chi connectivity index (χ1) is 12.0. The smallest absolute Gasteiger partial charge is 0.262 e. The van der Waals surface area contributed by atoms with E-state index in [9.17, 15) is 10.1 Å². The predicted octanol–water partition coefficient (Wildman–Crippen LogP) is 4.90. The van der Waals surface area contributed by atoms with Crippen molar-refractivity contribution in [2.45, 2.75) is 39.5 Å². The van der Waals surface area contributed by atoms with Crippen LogP contribution in [0.5, 0.6) is 5.75 Å². The second-order valence-electron chi connectivity index (χ2n) is 6.26. The number of fused-ring (bicyclic) bond motifs is 1. The minimum atomic E-state index is -0.248. The molecule has 0 unspecified atom stereocenters. The molecule has 0 spiro atoms. The van der Waals surface area contributed by atoms with Gasteiger partial charge in [0.1, 0.15) is 16.8 Å². The van der Waals surface area contributed by atoms with Gasteiger partial charge >= 0.3 is 0 Å². The highest BCUT2D eigenvalue weighted by molar-refractivity contribution is 9.10. The van der Waals surface area contributed by atoms with Crippen LogP contribution in [0.1, 0.15) is 40.0 Å². The number of hydrogen-bond acceptors (Lipinski definition) is 4. The van der Waals surface area contributed by atoms with E-state index in [1.54, 1.807) is 0 Å². The predicted molar refractivity (Wildman–Crippen MR) is 103 cm³/mol. The molecule has 0 bridgehead atoms. The summed E-state index contributed by atoms with van der Waals surface area (Å²) in [5.74, 6) is 0.425. The molecule has 1 aliphatic carbocycles. The third kappa shape index (κ3) is 3.88. The number of carbonyl (C=O) groups excluding carboxylic acids is 1. The molecule has 25 heavy (non-hydrogen) atoms. The van der Waals surface area contributed by atoms with Crippen LogP contribution >= 0.6 is 27.3 Å². The quantitative estimate of drug-likeness (QED) is 0.767. The topological polar surface area (TPSA) is 62.1 Å². The van der Waals surface area contributed by atoms with E-state index < -0.39 is 0 Å². The molecule has 0 radical (unpaired) electrons. The van der Waals surface area contributed by atoms with Crippen LogP contribution in [0.15, 0.2) is 16.6 Å². The average Bonchev–Trinajstić information content (AvgIpc) is 2.90. The number of aryl methyl sites for hydroxylation is 3. The molecule has 0 fully saturated rings. The van der Waals surface area contributed by atoms with Gasteiger partial charge in [0.2, 0.25) is 0 Å². The Bertz CT molecular complexity index is 844. The summed E-state index contributed by atoms with van der Waals surface area (Å²) in [6.45, 7) is 3.87. The third-order valence-corrected chi connectivity index (χ3v) is 6.05. The largest absolute Gasteiger partial charge is 0.482 e. The lowest BCUT2D eigenvalue weighted by Crippen LogP contribution is -2.20. The number of nitrogens with one attached hydrogen (secondary N) is 1. The van der Waals surface area contributed by atoms with Crippen LogP contribution in [0.2, 0.25) is 0 Å². The van der Waals surface area contributed by atoms with Crippen molar-refractivity contribution in [3.8, 4) is 11.8 Å². The molecule has 1 aliphatic rings. The van der Waals surface area contributed by atoms with Gasteiger partial charge in [0.05, 0.1) is 10.0 Å². The fourth-order valence-electron chi connectivity index (χ4n) is 3.16. The number of rotatable bonds is 4. The second kappa shape index (κ2) is 7.59. The standard InChI is InChI=1S/C19H19BrN2O2S/c1-11-7-12(2)18(15(20)8-11)24-10-17(23)22-19-14(9-21)13-5-3-4-6-16(13)25-19/h7-8H,3-6,10H2,1-2H3,(H,22,23). The lowest BCUT2D eigenvalue weighted by atomic mass is 9.96. The number of carbonyl (C=O) groups is 1. The lowest BCUT2D eigenvalue weighted by Gasteiger charge is -2.12. The molecular formula is C19H19BrN2O2S. The van der Waals surface area contributed by atoms with Crippen molar-refractivity contribution in [3.63, 3.8) is 0 Å². The number of amides is 1. The average molecular weight is 419 g/mol. The van der Waals surface area contributed by atoms with Gasteiger partial charge in [-0.05, 0) is 78.2 Å². The van der Waals surface area contributed by atoms with E-state index in [4.69, 9.17) is 4.74 Å². The molecule has 0 atom stereocenters. The van der Waals surface area contributed by atoms with Crippen LogP contribution in [-0.4, -0.2) is 12.5 Å². The first kappa shape index (κ1) is 18.0. The van der Waals surface area contributed by atoms with E-state index in [1.807, 2.05) is 26.0 Å². The number of benzene rings is 1. The Balaban J connectivity index is 1.70. The molecule has 130 valence electrons. The van der Waals surface area contributed by atoms with Gasteiger partial charge in [-0.3, -0.25) is 4.79 Å². The first-order valence-corrected chi connectivity index (χ1v) is 9.84. The Morgan fingerprint density at radius 1 is 1.36 bits per heavy atom. The van der Waals surface area contributed by atoms with E-state index >= 15 is 0 Å². The van der Waals surface area contributed by atoms with Gasteiger partial charge in [-0.15, -0.1) is 11.3 Å². The fraction of sp³-hybridized carbons (Fsp3) is 0.368. The van der Waals surface area contributed by atoms with Crippen molar-refractivity contribution in [3.05, 3.63) is 43.7 Å². The molecule has 4 nitrogen and oxygen atoms in total. The van der Waals surface area contributed by atoms with E-state index in [-0.39, 0.29) is 12.5 Å². The molecule has 3 rings (SSSR count). The maximum atomic E-state index is 12.3. The summed E-state index contributed by atoms with van der Waals surface area (Å²) < 4.78 is 6.53. The zero-order valence-corrected chi connectivity index (χ0v) is 16.6. The highest BCUT2D eigenvalue weighted by Crippen LogP contribution is 2.37. The Morgan fingerprint density at radius 2 is 2.12 bits per heavy atom.